The summed E-state index contributed by atoms with van der Waals surface area (Å²) in [6, 6.07) is 1.52. The van der Waals surface area contributed by atoms with Crippen LogP contribution >= 0.6 is 0 Å². The Labute approximate surface area is 142 Å². The Kier molecular flexibility index (Phi) is 4.02. The molecule has 0 aliphatic rings. The highest BCUT2D eigenvalue weighted by molar-refractivity contribution is 5.85. The van der Waals surface area contributed by atoms with Crippen LogP contribution in [0.25, 0.3) is 16.9 Å². The van der Waals surface area contributed by atoms with Crippen molar-refractivity contribution in [2.45, 2.75) is 6.18 Å². The minimum atomic E-state index is -5.04. The molecule has 0 saturated heterocycles. The molecule has 134 valence electrons. The van der Waals surface area contributed by atoms with Crippen molar-refractivity contribution in [1.82, 2.24) is 29.8 Å². The molecule has 9 nitrogen and oxygen atoms in total. The fraction of sp³-hybridized carbons (Fsp3) is 0.143. The number of nitrogens with zero attached hydrogens (tertiary/aromatic N) is 6. The number of hydrogen-bond acceptors (Lipinski definition) is 6. The fourth-order valence-corrected chi connectivity index (χ4v) is 2.21. The molecule has 3 aromatic heterocycles. The van der Waals surface area contributed by atoms with Crippen LogP contribution in [0.2, 0.25) is 0 Å². The average molecular weight is 366 g/mol. The van der Waals surface area contributed by atoms with Crippen molar-refractivity contribution in [3.8, 4) is 16.9 Å². The van der Waals surface area contributed by atoms with Gasteiger partial charge >= 0.3 is 12.1 Å². The van der Waals surface area contributed by atoms with Gasteiger partial charge in [0.1, 0.15) is 5.56 Å². The Bertz CT molecular complexity index is 1060. The van der Waals surface area contributed by atoms with Crippen molar-refractivity contribution in [3.05, 3.63) is 52.3 Å². The van der Waals surface area contributed by atoms with E-state index < -0.39 is 29.0 Å². The lowest BCUT2D eigenvalue weighted by atomic mass is 10.2. The maximum Gasteiger partial charge on any atom is 0.421 e. The van der Waals surface area contributed by atoms with Gasteiger partial charge in [-0.2, -0.15) is 23.0 Å². The summed E-state index contributed by atoms with van der Waals surface area (Å²) in [7, 11) is 1.59. The van der Waals surface area contributed by atoms with Crippen molar-refractivity contribution in [3.63, 3.8) is 0 Å². The molecule has 0 aliphatic heterocycles. The number of pyridine rings is 1. The zero-order valence-electron chi connectivity index (χ0n) is 13.0. The number of hydrogen-bond donors (Lipinski definition) is 1. The zero-order valence-corrected chi connectivity index (χ0v) is 13.0. The first-order valence-corrected chi connectivity index (χ1v) is 6.94. The summed E-state index contributed by atoms with van der Waals surface area (Å²) in [6.45, 7) is 0. The number of carbonyl (C=O) groups is 1. The topological polar surface area (TPSA) is 116 Å². The Morgan fingerprint density at radius 2 is 1.92 bits per heavy atom. The van der Waals surface area contributed by atoms with E-state index in [0.717, 1.165) is 6.20 Å². The van der Waals surface area contributed by atoms with Crippen LogP contribution in [0.15, 0.2) is 35.5 Å². The molecule has 1 N–H and O–H groups in total. The molecule has 0 radical (unpaired) electrons. The van der Waals surface area contributed by atoms with Gasteiger partial charge in [0.05, 0.1) is 23.8 Å². The largest absolute Gasteiger partial charge is 0.476 e. The summed E-state index contributed by atoms with van der Waals surface area (Å²) in [5.41, 5.74) is -3.33. The van der Waals surface area contributed by atoms with Crippen LogP contribution in [0.1, 0.15) is 16.1 Å². The van der Waals surface area contributed by atoms with E-state index >= 15 is 0 Å². The van der Waals surface area contributed by atoms with Gasteiger partial charge in [-0.05, 0) is 12.1 Å². The standard InChI is InChI=1S/C14H9F3N6O3/c1-22-11(6-19-21-22)7-2-8(5-18-4-7)23-12(24)9(14(15,16)17)3-10(20-23)13(25)26/h2-6H,1H3,(H,25,26). The minimum Gasteiger partial charge on any atom is -0.476 e. The van der Waals surface area contributed by atoms with Crippen LogP contribution < -0.4 is 5.56 Å². The molecule has 26 heavy (non-hydrogen) atoms. The molecule has 0 atom stereocenters. The number of aryl methyl sites for hydroxylation is 1. The Morgan fingerprint density at radius 1 is 1.19 bits per heavy atom. The molecule has 0 bridgehead atoms. The van der Waals surface area contributed by atoms with Gasteiger partial charge in [-0.25, -0.2) is 9.48 Å². The van der Waals surface area contributed by atoms with Gasteiger partial charge in [-0.3, -0.25) is 9.78 Å². The number of carboxylic acid groups (broad SMARTS) is 1. The Morgan fingerprint density at radius 3 is 2.50 bits per heavy atom. The van der Waals surface area contributed by atoms with Crippen LogP contribution in [0.4, 0.5) is 13.2 Å². The van der Waals surface area contributed by atoms with Gasteiger partial charge in [-0.1, -0.05) is 5.21 Å². The average Bonchev–Trinajstić information content (AvgIpc) is 3.00. The third kappa shape index (κ3) is 3.03. The van der Waals surface area contributed by atoms with E-state index in [1.54, 1.807) is 7.05 Å². The molecule has 0 unspecified atom stereocenters. The quantitative estimate of drug-likeness (QED) is 0.739. The third-order valence-corrected chi connectivity index (χ3v) is 3.41. The summed E-state index contributed by atoms with van der Waals surface area (Å²) in [5, 5.41) is 19.9. The maximum absolute atomic E-state index is 13.1. The zero-order chi connectivity index (χ0) is 19.1. The smallest absolute Gasteiger partial charge is 0.421 e. The number of aromatic carboxylic acids is 1. The highest BCUT2D eigenvalue weighted by atomic mass is 19.4. The van der Waals surface area contributed by atoms with E-state index in [0.29, 0.717) is 15.9 Å². The van der Waals surface area contributed by atoms with Crippen LogP contribution in [0.3, 0.4) is 0 Å². The molecule has 3 rings (SSSR count). The molecule has 3 heterocycles. The highest BCUT2D eigenvalue weighted by Crippen LogP contribution is 2.27. The van der Waals surface area contributed by atoms with E-state index in [-0.39, 0.29) is 11.8 Å². The monoisotopic (exact) mass is 366 g/mol. The lowest BCUT2D eigenvalue weighted by molar-refractivity contribution is -0.139. The first-order valence-electron chi connectivity index (χ1n) is 6.94. The lowest BCUT2D eigenvalue weighted by Gasteiger charge is -2.11. The summed E-state index contributed by atoms with van der Waals surface area (Å²) >= 11 is 0. The normalized spacial score (nSPS) is 11.5. The highest BCUT2D eigenvalue weighted by Gasteiger charge is 2.36. The number of aromatic nitrogens is 6. The van der Waals surface area contributed by atoms with Crippen molar-refractivity contribution < 1.29 is 23.1 Å². The van der Waals surface area contributed by atoms with E-state index in [1.165, 1.54) is 23.1 Å². The van der Waals surface area contributed by atoms with Gasteiger partial charge in [-0.15, -0.1) is 5.10 Å². The number of carboxylic acids is 1. The Hall–Kier alpha value is -3.57. The molecule has 0 saturated carbocycles. The number of alkyl halides is 3. The third-order valence-electron chi connectivity index (χ3n) is 3.41. The summed E-state index contributed by atoms with van der Waals surface area (Å²) in [6.07, 6.45) is -1.17. The molecule has 0 amide bonds. The maximum atomic E-state index is 13.1. The first kappa shape index (κ1) is 17.3. The van der Waals surface area contributed by atoms with Gasteiger partial charge in [0.2, 0.25) is 0 Å². The van der Waals surface area contributed by atoms with Gasteiger partial charge in [0.15, 0.2) is 5.69 Å². The van der Waals surface area contributed by atoms with Crippen molar-refractivity contribution >= 4 is 5.97 Å². The van der Waals surface area contributed by atoms with E-state index in [4.69, 9.17) is 5.11 Å². The number of halogens is 3. The van der Waals surface area contributed by atoms with Crippen molar-refractivity contribution in [2.24, 2.45) is 7.05 Å². The molecule has 0 spiro atoms. The van der Waals surface area contributed by atoms with E-state index in [9.17, 15) is 22.8 Å². The van der Waals surface area contributed by atoms with Gasteiger partial charge in [0.25, 0.3) is 5.56 Å². The second-order valence-corrected chi connectivity index (χ2v) is 5.14. The van der Waals surface area contributed by atoms with E-state index in [2.05, 4.69) is 20.4 Å². The SMILES string of the molecule is Cn1nncc1-c1cncc(-n2nc(C(=O)O)cc(C(F)(F)F)c2=O)c1. The van der Waals surface area contributed by atoms with Crippen LogP contribution in [-0.4, -0.2) is 40.8 Å². The van der Waals surface area contributed by atoms with Crippen molar-refractivity contribution in [1.29, 1.82) is 0 Å². The molecular weight excluding hydrogens is 357 g/mol. The van der Waals surface area contributed by atoms with Crippen LogP contribution in [0, 0.1) is 0 Å². The molecule has 0 aliphatic carbocycles. The van der Waals surface area contributed by atoms with Gasteiger partial charge in [0, 0.05) is 18.8 Å². The Balaban J connectivity index is 2.24. The molecule has 3 aromatic rings. The lowest BCUT2D eigenvalue weighted by Crippen LogP contribution is -2.31. The predicted molar refractivity (Wildman–Crippen MR) is 79.6 cm³/mol. The summed E-state index contributed by atoms with van der Waals surface area (Å²) in [5.74, 6) is -1.70. The van der Waals surface area contributed by atoms with Crippen molar-refractivity contribution in [2.75, 3.05) is 0 Å². The summed E-state index contributed by atoms with van der Waals surface area (Å²) in [4.78, 5) is 27.1. The molecule has 0 aromatic carbocycles. The minimum absolute atomic E-state index is 0.137. The fourth-order valence-electron chi connectivity index (χ4n) is 2.21. The second-order valence-electron chi connectivity index (χ2n) is 5.14. The van der Waals surface area contributed by atoms with Gasteiger partial charge < -0.3 is 5.11 Å². The second kappa shape index (κ2) is 6.06. The first-order chi connectivity index (χ1) is 12.2. The predicted octanol–water partition coefficient (Wildman–Crippen LogP) is 1.14. The van der Waals surface area contributed by atoms with Crippen LogP contribution in [0.5, 0.6) is 0 Å². The van der Waals surface area contributed by atoms with Crippen LogP contribution in [-0.2, 0) is 13.2 Å². The van der Waals surface area contributed by atoms with E-state index in [1.807, 2.05) is 0 Å². The summed E-state index contributed by atoms with van der Waals surface area (Å²) < 4.78 is 41.0. The molecule has 0 fully saturated rings. The molecule has 12 heteroatoms. The molecular formula is C14H9F3N6O3. The number of rotatable bonds is 3.